The van der Waals surface area contributed by atoms with Crippen LogP contribution in [-0.4, -0.2) is 31.5 Å². The number of hydrogen-bond donors (Lipinski definition) is 2. The molecule has 138 valence electrons. The Morgan fingerprint density at radius 2 is 1.50 bits per heavy atom. The number of ether oxygens (including phenoxy) is 1. The molecular weight excluding hydrogens is 328 g/mol. The monoisotopic (exact) mass is 354 g/mol. The molecule has 0 saturated carbocycles. The van der Waals surface area contributed by atoms with E-state index in [0.717, 1.165) is 18.4 Å². The van der Waals surface area contributed by atoms with Crippen LogP contribution >= 0.6 is 0 Å². The molecule has 0 fully saturated rings. The van der Waals surface area contributed by atoms with Crippen molar-refractivity contribution in [2.75, 3.05) is 19.7 Å². The van der Waals surface area contributed by atoms with Crippen molar-refractivity contribution in [3.63, 3.8) is 0 Å². The van der Waals surface area contributed by atoms with Crippen LogP contribution in [-0.2, 0) is 22.4 Å². The van der Waals surface area contributed by atoms with Crippen molar-refractivity contribution < 1.29 is 14.3 Å². The van der Waals surface area contributed by atoms with E-state index in [2.05, 4.69) is 17.6 Å². The summed E-state index contributed by atoms with van der Waals surface area (Å²) in [4.78, 5) is 23.6. The quantitative estimate of drug-likeness (QED) is 0.644. The summed E-state index contributed by atoms with van der Waals surface area (Å²) in [7, 11) is 0. The minimum atomic E-state index is -0.208. The zero-order valence-corrected chi connectivity index (χ0v) is 15.2. The SMILES string of the molecule is CCCc1ccc(OCC(=O)NCCNC(=O)Cc2ccccc2)cc1. The largest absolute Gasteiger partial charge is 0.484 e. The lowest BCUT2D eigenvalue weighted by atomic mass is 10.1. The third-order valence-corrected chi connectivity index (χ3v) is 3.81. The van der Waals surface area contributed by atoms with Gasteiger partial charge in [0.05, 0.1) is 6.42 Å². The number of carbonyl (C=O) groups excluding carboxylic acids is 2. The normalized spacial score (nSPS) is 10.2. The predicted molar refractivity (Wildman–Crippen MR) is 102 cm³/mol. The second-order valence-corrected chi connectivity index (χ2v) is 6.04. The van der Waals surface area contributed by atoms with E-state index in [1.165, 1.54) is 5.56 Å². The summed E-state index contributed by atoms with van der Waals surface area (Å²) in [5.41, 5.74) is 2.22. The molecule has 0 unspecified atom stereocenters. The van der Waals surface area contributed by atoms with E-state index in [4.69, 9.17) is 4.74 Å². The highest BCUT2D eigenvalue weighted by molar-refractivity contribution is 5.79. The predicted octanol–water partition coefficient (Wildman–Crippen LogP) is 2.49. The van der Waals surface area contributed by atoms with Gasteiger partial charge in [0.2, 0.25) is 5.91 Å². The number of aryl methyl sites for hydroxylation is 1. The summed E-state index contributed by atoms with van der Waals surface area (Å²) in [6.45, 7) is 2.87. The van der Waals surface area contributed by atoms with Gasteiger partial charge in [0.15, 0.2) is 6.61 Å². The van der Waals surface area contributed by atoms with Crippen LogP contribution < -0.4 is 15.4 Å². The van der Waals surface area contributed by atoms with Gasteiger partial charge in [-0.15, -0.1) is 0 Å². The van der Waals surface area contributed by atoms with Gasteiger partial charge in [0.1, 0.15) is 5.75 Å². The average Bonchev–Trinajstić information content (AvgIpc) is 2.66. The van der Waals surface area contributed by atoms with Gasteiger partial charge in [0, 0.05) is 13.1 Å². The molecule has 2 rings (SSSR count). The van der Waals surface area contributed by atoms with E-state index in [0.29, 0.717) is 25.3 Å². The van der Waals surface area contributed by atoms with Gasteiger partial charge in [-0.05, 0) is 29.7 Å². The summed E-state index contributed by atoms with van der Waals surface area (Å²) in [5, 5.41) is 5.51. The van der Waals surface area contributed by atoms with Gasteiger partial charge in [-0.1, -0.05) is 55.8 Å². The minimum Gasteiger partial charge on any atom is -0.484 e. The van der Waals surface area contributed by atoms with Gasteiger partial charge in [-0.3, -0.25) is 9.59 Å². The van der Waals surface area contributed by atoms with Crippen molar-refractivity contribution in [1.29, 1.82) is 0 Å². The first-order chi connectivity index (χ1) is 12.7. The van der Waals surface area contributed by atoms with Crippen LogP contribution in [0.4, 0.5) is 0 Å². The Morgan fingerprint density at radius 1 is 0.846 bits per heavy atom. The summed E-state index contributed by atoms with van der Waals surface area (Å²) in [5.74, 6) is 0.407. The van der Waals surface area contributed by atoms with Gasteiger partial charge >= 0.3 is 0 Å². The Morgan fingerprint density at radius 3 is 2.15 bits per heavy atom. The number of nitrogens with one attached hydrogen (secondary N) is 2. The van der Waals surface area contributed by atoms with Crippen molar-refractivity contribution in [1.82, 2.24) is 10.6 Å². The molecule has 0 aliphatic rings. The van der Waals surface area contributed by atoms with E-state index in [9.17, 15) is 9.59 Å². The Kier molecular flexibility index (Phi) is 8.19. The fourth-order valence-corrected chi connectivity index (χ4v) is 2.49. The third-order valence-electron chi connectivity index (χ3n) is 3.81. The smallest absolute Gasteiger partial charge is 0.258 e. The zero-order chi connectivity index (χ0) is 18.6. The van der Waals surface area contributed by atoms with E-state index in [-0.39, 0.29) is 18.4 Å². The first kappa shape index (κ1) is 19.5. The van der Waals surface area contributed by atoms with E-state index in [1.54, 1.807) is 0 Å². The van der Waals surface area contributed by atoms with Crippen molar-refractivity contribution in [3.8, 4) is 5.75 Å². The Labute approximate surface area is 154 Å². The van der Waals surface area contributed by atoms with Crippen molar-refractivity contribution in [2.45, 2.75) is 26.2 Å². The molecule has 0 aliphatic heterocycles. The fourth-order valence-electron chi connectivity index (χ4n) is 2.49. The molecule has 0 bridgehead atoms. The lowest BCUT2D eigenvalue weighted by molar-refractivity contribution is -0.124. The second kappa shape index (κ2) is 10.9. The molecule has 0 aromatic heterocycles. The maximum Gasteiger partial charge on any atom is 0.258 e. The Hall–Kier alpha value is -2.82. The van der Waals surface area contributed by atoms with Gasteiger partial charge in [0.25, 0.3) is 5.91 Å². The maximum atomic E-state index is 11.8. The van der Waals surface area contributed by atoms with E-state index < -0.39 is 0 Å². The second-order valence-electron chi connectivity index (χ2n) is 6.04. The zero-order valence-electron chi connectivity index (χ0n) is 15.2. The van der Waals surface area contributed by atoms with Crippen LogP contribution in [0.1, 0.15) is 24.5 Å². The molecule has 5 nitrogen and oxygen atoms in total. The molecule has 2 aromatic carbocycles. The highest BCUT2D eigenvalue weighted by Gasteiger charge is 2.04. The van der Waals surface area contributed by atoms with Crippen LogP contribution in [0.25, 0.3) is 0 Å². The van der Waals surface area contributed by atoms with Crippen molar-refractivity contribution in [2.24, 2.45) is 0 Å². The molecule has 2 amide bonds. The maximum absolute atomic E-state index is 11.8. The summed E-state index contributed by atoms with van der Waals surface area (Å²) >= 11 is 0. The average molecular weight is 354 g/mol. The topological polar surface area (TPSA) is 67.4 Å². The lowest BCUT2D eigenvalue weighted by Gasteiger charge is -2.09. The molecule has 0 radical (unpaired) electrons. The van der Waals surface area contributed by atoms with Crippen LogP contribution in [0.3, 0.4) is 0 Å². The van der Waals surface area contributed by atoms with Crippen molar-refractivity contribution in [3.05, 3.63) is 65.7 Å². The van der Waals surface area contributed by atoms with Crippen LogP contribution in [0.15, 0.2) is 54.6 Å². The van der Waals surface area contributed by atoms with Gasteiger partial charge < -0.3 is 15.4 Å². The molecule has 2 N–H and O–H groups in total. The molecule has 0 spiro atoms. The third kappa shape index (κ3) is 7.38. The molecule has 0 aliphatic carbocycles. The molecule has 0 heterocycles. The first-order valence-corrected chi connectivity index (χ1v) is 8.96. The van der Waals surface area contributed by atoms with Crippen LogP contribution in [0, 0.1) is 0 Å². The summed E-state index contributed by atoms with van der Waals surface area (Å²) in [6.07, 6.45) is 2.48. The number of benzene rings is 2. The lowest BCUT2D eigenvalue weighted by Crippen LogP contribution is -2.37. The van der Waals surface area contributed by atoms with Crippen LogP contribution in [0.5, 0.6) is 5.75 Å². The number of rotatable bonds is 10. The van der Waals surface area contributed by atoms with E-state index >= 15 is 0 Å². The molecule has 26 heavy (non-hydrogen) atoms. The van der Waals surface area contributed by atoms with Crippen LogP contribution in [0.2, 0.25) is 0 Å². The van der Waals surface area contributed by atoms with Gasteiger partial charge in [-0.25, -0.2) is 0 Å². The van der Waals surface area contributed by atoms with Crippen molar-refractivity contribution >= 4 is 11.8 Å². The molecule has 2 aromatic rings. The standard InChI is InChI=1S/C21H26N2O3/c1-2-6-17-9-11-19(12-10-17)26-16-21(25)23-14-13-22-20(24)15-18-7-4-3-5-8-18/h3-5,7-12H,2,6,13-16H2,1H3,(H,22,24)(H,23,25). The Balaban J connectivity index is 1.58. The highest BCUT2D eigenvalue weighted by Crippen LogP contribution is 2.13. The van der Waals surface area contributed by atoms with Gasteiger partial charge in [-0.2, -0.15) is 0 Å². The fraction of sp³-hybridized carbons (Fsp3) is 0.333. The molecular formula is C21H26N2O3. The minimum absolute atomic E-state index is 0.0366. The number of amides is 2. The summed E-state index contributed by atoms with van der Waals surface area (Å²) < 4.78 is 5.46. The number of carbonyl (C=O) groups is 2. The molecule has 0 saturated heterocycles. The number of hydrogen-bond acceptors (Lipinski definition) is 3. The Bertz CT molecular complexity index is 684. The highest BCUT2D eigenvalue weighted by atomic mass is 16.5. The van der Waals surface area contributed by atoms with E-state index in [1.807, 2.05) is 54.6 Å². The molecule has 0 atom stereocenters. The molecule has 5 heteroatoms. The first-order valence-electron chi connectivity index (χ1n) is 8.96. The summed E-state index contributed by atoms with van der Waals surface area (Å²) in [6, 6.07) is 17.3.